The molecule has 3 N–H and O–H groups in total. The fourth-order valence-corrected chi connectivity index (χ4v) is 5.29. The summed E-state index contributed by atoms with van der Waals surface area (Å²) in [5.74, 6) is 0.336. The molecule has 3 unspecified atom stereocenters. The van der Waals surface area contributed by atoms with Gasteiger partial charge in [0.05, 0.1) is 5.92 Å². The first-order chi connectivity index (χ1) is 17.2. The van der Waals surface area contributed by atoms with Crippen molar-refractivity contribution in [1.82, 2.24) is 15.5 Å². The van der Waals surface area contributed by atoms with Crippen LogP contribution in [0.15, 0.2) is 24.3 Å². The summed E-state index contributed by atoms with van der Waals surface area (Å²) in [4.78, 5) is 39.0. The zero-order valence-corrected chi connectivity index (χ0v) is 21.2. The predicted molar refractivity (Wildman–Crippen MR) is 136 cm³/mol. The van der Waals surface area contributed by atoms with Gasteiger partial charge in [-0.3, -0.25) is 14.7 Å². The van der Waals surface area contributed by atoms with Gasteiger partial charge in [0, 0.05) is 41.9 Å². The van der Waals surface area contributed by atoms with Gasteiger partial charge in [-0.1, -0.05) is 6.07 Å². The molecule has 3 amide bonds. The highest BCUT2D eigenvalue weighted by Gasteiger charge is 2.40. The molecule has 0 bridgehead atoms. The Morgan fingerprint density at radius 2 is 2.06 bits per heavy atom. The molecular formula is C27H35N5O4. The summed E-state index contributed by atoms with van der Waals surface area (Å²) in [6, 6.07) is 7.72. The second kappa shape index (κ2) is 9.59. The van der Waals surface area contributed by atoms with Crippen LogP contribution in [0.25, 0.3) is 0 Å². The number of aromatic amines is 1. The number of hydrogen-bond acceptors (Lipinski definition) is 5. The van der Waals surface area contributed by atoms with Crippen molar-refractivity contribution in [2.75, 3.05) is 16.8 Å². The van der Waals surface area contributed by atoms with Crippen molar-refractivity contribution in [1.29, 1.82) is 0 Å². The first kappa shape index (κ1) is 24.3. The van der Waals surface area contributed by atoms with Gasteiger partial charge in [0.15, 0.2) is 5.82 Å². The number of hydrogen-bond donors (Lipinski definition) is 3. The third-order valence-electron chi connectivity index (χ3n) is 7.85. The highest BCUT2D eigenvalue weighted by atomic mass is 16.6. The molecule has 2 saturated carbocycles. The van der Waals surface area contributed by atoms with Gasteiger partial charge in [-0.05, 0) is 82.6 Å². The SMILES string of the molecule is Cc1cc(N2CCCC2=O)ccc1C(C)C(=O)Nc1cc(C2CCC(OC(=O)NC3(C)CC3)C2)[nH]n1. The molecule has 3 atom stereocenters. The number of rotatable bonds is 7. The van der Waals surface area contributed by atoms with Crippen LogP contribution in [0.1, 0.15) is 87.4 Å². The van der Waals surface area contributed by atoms with Gasteiger partial charge in [0.1, 0.15) is 6.10 Å². The Morgan fingerprint density at radius 1 is 1.25 bits per heavy atom. The molecule has 2 aliphatic carbocycles. The molecule has 1 saturated heterocycles. The lowest BCUT2D eigenvalue weighted by Crippen LogP contribution is -2.36. The summed E-state index contributed by atoms with van der Waals surface area (Å²) >= 11 is 0. The van der Waals surface area contributed by atoms with Crippen molar-refractivity contribution in [2.24, 2.45) is 0 Å². The van der Waals surface area contributed by atoms with Crippen molar-refractivity contribution in [3.63, 3.8) is 0 Å². The van der Waals surface area contributed by atoms with E-state index in [0.717, 1.165) is 67.6 Å². The van der Waals surface area contributed by atoms with E-state index in [-0.39, 0.29) is 41.4 Å². The number of aromatic nitrogens is 2. The van der Waals surface area contributed by atoms with E-state index in [1.807, 2.05) is 49.9 Å². The molecule has 36 heavy (non-hydrogen) atoms. The normalized spacial score (nSPS) is 23.4. The standard InChI is InChI=1S/C27H35N5O4/c1-16-13-19(32-12-4-5-24(32)33)7-9-21(16)17(2)25(34)28-23-15-22(30-31-23)18-6-8-20(14-18)36-26(35)29-27(3)10-11-27/h7,9,13,15,17-18,20H,4-6,8,10-12,14H2,1-3H3,(H,29,35)(H2,28,30,31,34). The van der Waals surface area contributed by atoms with Gasteiger partial charge in [-0.15, -0.1) is 0 Å². The van der Waals surface area contributed by atoms with E-state index in [4.69, 9.17) is 4.74 Å². The van der Waals surface area contributed by atoms with Crippen LogP contribution in [0.2, 0.25) is 0 Å². The van der Waals surface area contributed by atoms with E-state index >= 15 is 0 Å². The predicted octanol–water partition coefficient (Wildman–Crippen LogP) is 4.50. The number of benzene rings is 1. The first-order valence-corrected chi connectivity index (χ1v) is 13.0. The molecule has 2 aromatic rings. The Morgan fingerprint density at radius 3 is 2.75 bits per heavy atom. The fraction of sp³-hybridized carbons (Fsp3) is 0.556. The molecule has 9 nitrogen and oxygen atoms in total. The zero-order valence-electron chi connectivity index (χ0n) is 21.2. The topological polar surface area (TPSA) is 116 Å². The van der Waals surface area contributed by atoms with Crippen molar-refractivity contribution < 1.29 is 19.1 Å². The number of H-pyrrole nitrogens is 1. The molecule has 5 rings (SSSR count). The van der Waals surface area contributed by atoms with Crippen LogP contribution in [-0.4, -0.2) is 46.3 Å². The van der Waals surface area contributed by atoms with Gasteiger partial charge in [0.25, 0.3) is 0 Å². The smallest absolute Gasteiger partial charge is 0.407 e. The van der Waals surface area contributed by atoms with Gasteiger partial charge < -0.3 is 20.3 Å². The van der Waals surface area contributed by atoms with Crippen LogP contribution in [0, 0.1) is 6.92 Å². The molecule has 2 heterocycles. The Balaban J connectivity index is 1.15. The number of anilines is 2. The lowest BCUT2D eigenvalue weighted by atomic mass is 9.95. The van der Waals surface area contributed by atoms with Gasteiger partial charge in [-0.2, -0.15) is 5.10 Å². The molecule has 1 aromatic carbocycles. The second-order valence-electron chi connectivity index (χ2n) is 10.8. The highest BCUT2D eigenvalue weighted by Crippen LogP contribution is 2.37. The molecule has 3 fully saturated rings. The van der Waals surface area contributed by atoms with E-state index in [2.05, 4.69) is 20.8 Å². The van der Waals surface area contributed by atoms with Gasteiger partial charge >= 0.3 is 6.09 Å². The monoisotopic (exact) mass is 493 g/mol. The van der Waals surface area contributed by atoms with E-state index in [1.54, 1.807) is 0 Å². The summed E-state index contributed by atoms with van der Waals surface area (Å²) in [7, 11) is 0. The first-order valence-electron chi connectivity index (χ1n) is 13.0. The van der Waals surface area contributed by atoms with Crippen LogP contribution >= 0.6 is 0 Å². The molecular weight excluding hydrogens is 458 g/mol. The summed E-state index contributed by atoms with van der Waals surface area (Å²) in [6.45, 7) is 6.62. The Kier molecular flexibility index (Phi) is 6.49. The average molecular weight is 494 g/mol. The van der Waals surface area contributed by atoms with Crippen molar-refractivity contribution in [2.45, 2.75) is 89.2 Å². The fourth-order valence-electron chi connectivity index (χ4n) is 5.29. The minimum Gasteiger partial charge on any atom is -0.446 e. The number of nitrogens with one attached hydrogen (secondary N) is 3. The molecule has 0 spiro atoms. The van der Waals surface area contributed by atoms with Crippen LogP contribution in [0.5, 0.6) is 0 Å². The van der Waals surface area contributed by atoms with Crippen LogP contribution in [0.3, 0.4) is 0 Å². The largest absolute Gasteiger partial charge is 0.446 e. The van der Waals surface area contributed by atoms with Crippen LogP contribution in [-0.2, 0) is 14.3 Å². The molecule has 0 radical (unpaired) electrons. The number of amides is 3. The third kappa shape index (κ3) is 5.24. The number of carbonyl (C=O) groups is 3. The third-order valence-corrected chi connectivity index (χ3v) is 7.85. The number of alkyl carbamates (subject to hydrolysis) is 1. The number of ether oxygens (including phenoxy) is 1. The molecule has 9 heteroatoms. The van der Waals surface area contributed by atoms with E-state index in [0.29, 0.717) is 12.2 Å². The summed E-state index contributed by atoms with van der Waals surface area (Å²) in [5.41, 5.74) is 3.65. The van der Waals surface area contributed by atoms with Gasteiger partial charge in [0.2, 0.25) is 11.8 Å². The maximum atomic E-state index is 13.0. The number of aryl methyl sites for hydroxylation is 1. The number of nitrogens with zero attached hydrogens (tertiary/aromatic N) is 2. The quantitative estimate of drug-likeness (QED) is 0.525. The van der Waals surface area contributed by atoms with Crippen molar-refractivity contribution in [3.05, 3.63) is 41.1 Å². The van der Waals surface area contributed by atoms with E-state index < -0.39 is 0 Å². The second-order valence-corrected chi connectivity index (χ2v) is 10.8. The van der Waals surface area contributed by atoms with E-state index in [1.165, 1.54) is 0 Å². The minimum absolute atomic E-state index is 0.0871. The molecule has 1 aromatic heterocycles. The van der Waals surface area contributed by atoms with Gasteiger partial charge in [-0.25, -0.2) is 4.79 Å². The number of carbonyl (C=O) groups excluding carboxylic acids is 3. The summed E-state index contributed by atoms with van der Waals surface area (Å²) in [5, 5.41) is 13.2. The lowest BCUT2D eigenvalue weighted by Gasteiger charge is -2.19. The Bertz CT molecular complexity index is 1170. The maximum absolute atomic E-state index is 13.0. The van der Waals surface area contributed by atoms with Crippen molar-refractivity contribution >= 4 is 29.4 Å². The van der Waals surface area contributed by atoms with Crippen molar-refractivity contribution in [3.8, 4) is 0 Å². The molecule has 192 valence electrons. The molecule has 1 aliphatic heterocycles. The minimum atomic E-state index is -0.371. The summed E-state index contributed by atoms with van der Waals surface area (Å²) in [6.07, 6.45) is 5.48. The average Bonchev–Trinajstić information content (AvgIpc) is 3.25. The maximum Gasteiger partial charge on any atom is 0.407 e. The van der Waals surface area contributed by atoms with Crippen LogP contribution < -0.4 is 15.5 Å². The summed E-state index contributed by atoms with van der Waals surface area (Å²) < 4.78 is 5.61. The Labute approximate surface area is 211 Å². The van der Waals surface area contributed by atoms with Crippen LogP contribution in [0.4, 0.5) is 16.3 Å². The Hall–Kier alpha value is -3.36. The zero-order chi connectivity index (χ0) is 25.4. The van der Waals surface area contributed by atoms with E-state index in [9.17, 15) is 14.4 Å². The lowest BCUT2D eigenvalue weighted by molar-refractivity contribution is -0.118. The highest BCUT2D eigenvalue weighted by molar-refractivity contribution is 5.96. The molecule has 3 aliphatic rings.